The first kappa shape index (κ1) is 5.20. The number of hydrogen-bond donors (Lipinski definition) is 2. The van der Waals surface area contributed by atoms with E-state index in [9.17, 15) is 8.78 Å². The fraction of sp³-hybridized carbons (Fsp3) is 0. The summed E-state index contributed by atoms with van der Waals surface area (Å²) in [6, 6.07) is 0. The lowest BCUT2D eigenvalue weighted by atomic mass is 10.9. The van der Waals surface area contributed by atoms with Crippen LogP contribution in [0.4, 0.5) is 8.78 Å². The minimum atomic E-state index is -1.46. The molecule has 0 unspecified atom stereocenters. The lowest BCUT2D eigenvalue weighted by Crippen LogP contribution is -1.99. The van der Waals surface area contributed by atoms with Gasteiger partial charge in [-0.1, -0.05) is 0 Å². The van der Waals surface area contributed by atoms with Gasteiger partial charge in [0.15, 0.2) is 0 Å². The Bertz CT molecular complexity index is 59.6. The molecule has 0 rings (SSSR count). The number of nitrogens with two attached hydrogens (primary N) is 2. The molecule has 36 valence electrons. The Morgan fingerprint density at radius 3 is 1.17 bits per heavy atom. The van der Waals surface area contributed by atoms with Crippen molar-refractivity contribution in [1.82, 2.24) is 0 Å². The predicted molar refractivity (Wildman–Crippen MR) is 17.6 cm³/mol. The monoisotopic (exact) mass is 94.0 g/mol. The average Bonchev–Trinajstić information content (AvgIpc) is 1.36. The second kappa shape index (κ2) is 1.59. The van der Waals surface area contributed by atoms with Crippen LogP contribution in [0.5, 0.6) is 0 Å². The average molecular weight is 94.1 g/mol. The lowest BCUT2D eigenvalue weighted by Gasteiger charge is -1.79. The third kappa shape index (κ3) is 1.51. The summed E-state index contributed by atoms with van der Waals surface area (Å²) in [5.41, 5.74) is 8.30. The first-order chi connectivity index (χ1) is 2.64. The zero-order valence-corrected chi connectivity index (χ0v) is 2.91. The largest absolute Gasteiger partial charge is 0.372 e. The molecule has 0 heterocycles. The van der Waals surface area contributed by atoms with Crippen LogP contribution in [0.1, 0.15) is 0 Å². The summed E-state index contributed by atoms with van der Waals surface area (Å²) in [4.78, 5) is 0. The molecule has 0 aliphatic rings. The summed E-state index contributed by atoms with van der Waals surface area (Å²) in [7, 11) is 0. The van der Waals surface area contributed by atoms with Crippen LogP contribution >= 0.6 is 0 Å². The summed E-state index contributed by atoms with van der Waals surface area (Å²) in [5.74, 6) is -2.93. The molecule has 6 heavy (non-hydrogen) atoms. The van der Waals surface area contributed by atoms with Crippen molar-refractivity contribution in [3.05, 3.63) is 11.9 Å². The highest BCUT2D eigenvalue weighted by molar-refractivity contribution is 4.87. The Labute approximate surface area is 33.4 Å². The van der Waals surface area contributed by atoms with Gasteiger partial charge in [-0.15, -0.1) is 0 Å². The Balaban J connectivity index is 3.68. The highest BCUT2D eigenvalue weighted by Gasteiger charge is 1.88. The predicted octanol–water partition coefficient (Wildman–Crippen LogP) is -0.0306. The Morgan fingerprint density at radius 1 is 1.00 bits per heavy atom. The maximum absolute atomic E-state index is 11.0. The third-order valence-corrected chi connectivity index (χ3v) is 0.228. The van der Waals surface area contributed by atoms with Crippen LogP contribution in [0.2, 0.25) is 0 Å². The van der Waals surface area contributed by atoms with Crippen LogP contribution in [0, 0.1) is 0 Å². The molecule has 0 fully saturated rings. The quantitative estimate of drug-likeness (QED) is 0.414. The molecule has 0 amide bonds. The second-order valence-corrected chi connectivity index (χ2v) is 0.696. The highest BCUT2D eigenvalue weighted by Crippen LogP contribution is 1.89. The number of rotatable bonds is 0. The van der Waals surface area contributed by atoms with Gasteiger partial charge in [0.25, 0.3) is 0 Å². The molecule has 0 saturated carbocycles. The Kier molecular flexibility index (Phi) is 1.38. The molecule has 4 heteroatoms. The van der Waals surface area contributed by atoms with Crippen molar-refractivity contribution < 1.29 is 8.78 Å². The summed E-state index contributed by atoms with van der Waals surface area (Å²) < 4.78 is 22.0. The van der Waals surface area contributed by atoms with Gasteiger partial charge >= 0.3 is 0 Å². The van der Waals surface area contributed by atoms with E-state index >= 15 is 0 Å². The van der Waals surface area contributed by atoms with Gasteiger partial charge in [-0.3, -0.25) is 0 Å². The zero-order valence-electron chi connectivity index (χ0n) is 2.91. The van der Waals surface area contributed by atoms with Gasteiger partial charge in [0, 0.05) is 0 Å². The van der Waals surface area contributed by atoms with Gasteiger partial charge < -0.3 is 11.5 Å². The molecule has 4 N–H and O–H groups in total. The topological polar surface area (TPSA) is 52.0 Å². The molecule has 0 radical (unpaired) electrons. The van der Waals surface area contributed by atoms with E-state index in [0.29, 0.717) is 0 Å². The number of hydrogen-bond acceptors (Lipinski definition) is 2. The van der Waals surface area contributed by atoms with Crippen LogP contribution in [-0.2, 0) is 0 Å². The van der Waals surface area contributed by atoms with E-state index in [1.54, 1.807) is 0 Å². The molecular formula is C2H4F2N2. The highest BCUT2D eigenvalue weighted by atomic mass is 19.2. The van der Waals surface area contributed by atoms with Gasteiger partial charge in [0.1, 0.15) is 0 Å². The van der Waals surface area contributed by atoms with Gasteiger partial charge in [-0.05, 0) is 0 Å². The van der Waals surface area contributed by atoms with Crippen molar-refractivity contribution in [3.63, 3.8) is 0 Å². The summed E-state index contributed by atoms with van der Waals surface area (Å²) in [6.07, 6.45) is 0. The van der Waals surface area contributed by atoms with Crippen molar-refractivity contribution >= 4 is 0 Å². The second-order valence-electron chi connectivity index (χ2n) is 0.696. The molecule has 0 saturated heterocycles. The van der Waals surface area contributed by atoms with Gasteiger partial charge in [0.2, 0.25) is 11.9 Å². The normalized spacial score (nSPS) is 13.7. The van der Waals surface area contributed by atoms with Crippen LogP contribution in [0.15, 0.2) is 11.9 Å². The molecule has 0 aromatic rings. The minimum Gasteiger partial charge on any atom is -0.372 e. The Morgan fingerprint density at radius 2 is 1.17 bits per heavy atom. The van der Waals surface area contributed by atoms with Crippen LogP contribution in [-0.4, -0.2) is 0 Å². The number of halogens is 2. The molecule has 0 aromatic heterocycles. The summed E-state index contributed by atoms with van der Waals surface area (Å²) in [5, 5.41) is 0. The minimum absolute atomic E-state index is 1.46. The SMILES string of the molecule is N/C(F)=C(\N)F. The van der Waals surface area contributed by atoms with Crippen LogP contribution in [0.3, 0.4) is 0 Å². The fourth-order valence-electron chi connectivity index (χ4n) is 0. The molecule has 0 aliphatic carbocycles. The fourth-order valence-corrected chi connectivity index (χ4v) is 0. The first-order valence-electron chi connectivity index (χ1n) is 1.21. The molecule has 0 aliphatic heterocycles. The van der Waals surface area contributed by atoms with Crippen molar-refractivity contribution in [2.45, 2.75) is 0 Å². The van der Waals surface area contributed by atoms with E-state index < -0.39 is 11.9 Å². The van der Waals surface area contributed by atoms with E-state index in [-0.39, 0.29) is 0 Å². The molecule has 2 nitrogen and oxygen atoms in total. The van der Waals surface area contributed by atoms with Crippen molar-refractivity contribution in [3.8, 4) is 0 Å². The van der Waals surface area contributed by atoms with Crippen molar-refractivity contribution in [2.75, 3.05) is 0 Å². The van der Waals surface area contributed by atoms with Crippen molar-refractivity contribution in [2.24, 2.45) is 11.5 Å². The zero-order chi connectivity index (χ0) is 5.15. The van der Waals surface area contributed by atoms with Gasteiger partial charge in [0.05, 0.1) is 0 Å². The van der Waals surface area contributed by atoms with Crippen molar-refractivity contribution in [1.29, 1.82) is 0 Å². The molecule has 0 atom stereocenters. The van der Waals surface area contributed by atoms with E-state index in [1.807, 2.05) is 0 Å². The first-order valence-corrected chi connectivity index (χ1v) is 1.21. The molecule has 0 spiro atoms. The molecule has 0 bridgehead atoms. The molecular weight excluding hydrogens is 90.0 g/mol. The van der Waals surface area contributed by atoms with Crippen LogP contribution in [0.25, 0.3) is 0 Å². The van der Waals surface area contributed by atoms with E-state index in [2.05, 4.69) is 11.5 Å². The lowest BCUT2D eigenvalue weighted by molar-refractivity contribution is 0.523. The Hall–Kier alpha value is -0.800. The van der Waals surface area contributed by atoms with E-state index in [0.717, 1.165) is 0 Å². The maximum atomic E-state index is 11.0. The maximum Gasteiger partial charge on any atom is 0.237 e. The summed E-state index contributed by atoms with van der Waals surface area (Å²) >= 11 is 0. The smallest absolute Gasteiger partial charge is 0.237 e. The molecule has 0 aromatic carbocycles. The van der Waals surface area contributed by atoms with E-state index in [1.165, 1.54) is 0 Å². The van der Waals surface area contributed by atoms with Gasteiger partial charge in [-0.2, -0.15) is 8.78 Å². The standard InChI is InChI=1S/C2H4F2N2/c3-1(5)2(4)6/h5-6H2/b2-1-. The van der Waals surface area contributed by atoms with E-state index in [4.69, 9.17) is 0 Å². The van der Waals surface area contributed by atoms with Crippen LogP contribution < -0.4 is 11.5 Å². The summed E-state index contributed by atoms with van der Waals surface area (Å²) in [6.45, 7) is 0. The van der Waals surface area contributed by atoms with Gasteiger partial charge in [-0.25, -0.2) is 0 Å². The third-order valence-electron chi connectivity index (χ3n) is 0.228.